The van der Waals surface area contributed by atoms with Gasteiger partial charge in [-0.3, -0.25) is 4.21 Å². The van der Waals surface area contributed by atoms with E-state index in [-0.39, 0.29) is 11.6 Å². The van der Waals surface area contributed by atoms with Gasteiger partial charge in [-0.15, -0.1) is 0 Å². The second kappa shape index (κ2) is 6.50. The van der Waals surface area contributed by atoms with Gasteiger partial charge in [0.05, 0.1) is 24.3 Å². The van der Waals surface area contributed by atoms with Crippen LogP contribution in [0.1, 0.15) is 16.8 Å². The highest BCUT2D eigenvalue weighted by atomic mass is 32.2. The molecule has 23 heavy (non-hydrogen) atoms. The molecule has 0 aliphatic heterocycles. The van der Waals surface area contributed by atoms with E-state index in [9.17, 15) is 8.60 Å². The van der Waals surface area contributed by atoms with Crippen LogP contribution in [0.25, 0.3) is 5.65 Å². The number of aryl methyl sites for hydroxylation is 1. The lowest BCUT2D eigenvalue weighted by atomic mass is 10.2. The second-order valence-corrected chi connectivity index (χ2v) is 6.80. The Morgan fingerprint density at radius 3 is 2.87 bits per heavy atom. The SMILES string of the molecule is COc1ccc(F)cc1CS(=O)Cc1cn2cccc(C)c2n1. The first-order valence-corrected chi connectivity index (χ1v) is 8.66. The fourth-order valence-corrected chi connectivity index (χ4v) is 3.67. The molecule has 0 aliphatic rings. The summed E-state index contributed by atoms with van der Waals surface area (Å²) in [5, 5.41) is 0. The van der Waals surface area contributed by atoms with Crippen LogP contribution in [0.15, 0.2) is 42.7 Å². The van der Waals surface area contributed by atoms with Crippen molar-refractivity contribution in [1.29, 1.82) is 0 Å². The standard InChI is InChI=1S/C17H17FN2O2S/c1-12-4-3-7-20-9-15(19-17(12)20)11-23(21)10-13-8-14(18)5-6-16(13)22-2/h3-9H,10-11H2,1-2H3. The lowest BCUT2D eigenvalue weighted by molar-refractivity contribution is 0.410. The van der Waals surface area contributed by atoms with E-state index in [1.807, 2.05) is 35.9 Å². The van der Waals surface area contributed by atoms with Gasteiger partial charge in [-0.05, 0) is 36.8 Å². The molecule has 1 unspecified atom stereocenters. The Bertz CT molecular complexity index is 876. The molecular formula is C17H17FN2O2S. The van der Waals surface area contributed by atoms with Crippen LogP contribution in [0, 0.1) is 12.7 Å². The highest BCUT2D eigenvalue weighted by Crippen LogP contribution is 2.22. The van der Waals surface area contributed by atoms with Gasteiger partial charge in [-0.1, -0.05) is 6.07 Å². The zero-order valence-corrected chi connectivity index (χ0v) is 13.8. The lowest BCUT2D eigenvalue weighted by Gasteiger charge is -2.07. The van der Waals surface area contributed by atoms with Crippen molar-refractivity contribution in [3.8, 4) is 5.75 Å². The third-order valence-corrected chi connectivity index (χ3v) is 4.85. The molecule has 0 radical (unpaired) electrons. The number of imidazole rings is 1. The molecule has 0 saturated carbocycles. The summed E-state index contributed by atoms with van der Waals surface area (Å²) >= 11 is 0. The fraction of sp³-hybridized carbons (Fsp3) is 0.235. The van der Waals surface area contributed by atoms with Gasteiger partial charge in [0.15, 0.2) is 0 Å². The number of methoxy groups -OCH3 is 1. The summed E-state index contributed by atoms with van der Waals surface area (Å²) in [6, 6.07) is 8.18. The molecule has 0 bridgehead atoms. The third kappa shape index (κ3) is 3.42. The molecule has 120 valence electrons. The van der Waals surface area contributed by atoms with E-state index in [2.05, 4.69) is 4.98 Å². The molecule has 0 spiro atoms. The largest absolute Gasteiger partial charge is 0.496 e. The summed E-state index contributed by atoms with van der Waals surface area (Å²) in [6.07, 6.45) is 3.79. The Kier molecular flexibility index (Phi) is 4.43. The van der Waals surface area contributed by atoms with E-state index in [4.69, 9.17) is 4.74 Å². The summed E-state index contributed by atoms with van der Waals surface area (Å²) in [5.41, 5.74) is 3.29. The zero-order chi connectivity index (χ0) is 16.4. The Balaban J connectivity index is 1.78. The van der Waals surface area contributed by atoms with Gasteiger partial charge >= 0.3 is 0 Å². The van der Waals surface area contributed by atoms with Crippen molar-refractivity contribution in [2.45, 2.75) is 18.4 Å². The Morgan fingerprint density at radius 2 is 2.13 bits per heavy atom. The van der Waals surface area contributed by atoms with Gasteiger partial charge < -0.3 is 9.14 Å². The number of benzene rings is 1. The van der Waals surface area contributed by atoms with Gasteiger partial charge in [-0.2, -0.15) is 0 Å². The van der Waals surface area contributed by atoms with Gasteiger partial charge in [0.2, 0.25) is 0 Å². The maximum Gasteiger partial charge on any atom is 0.139 e. The van der Waals surface area contributed by atoms with E-state index in [1.54, 1.807) is 6.07 Å². The van der Waals surface area contributed by atoms with Crippen molar-refractivity contribution in [3.05, 3.63) is 65.4 Å². The van der Waals surface area contributed by atoms with Crippen molar-refractivity contribution >= 4 is 16.4 Å². The van der Waals surface area contributed by atoms with E-state index in [0.29, 0.717) is 17.1 Å². The van der Waals surface area contributed by atoms with Crippen LogP contribution >= 0.6 is 0 Å². The van der Waals surface area contributed by atoms with E-state index in [1.165, 1.54) is 19.2 Å². The average molecular weight is 332 g/mol. The molecule has 2 aromatic heterocycles. The minimum Gasteiger partial charge on any atom is -0.496 e. The lowest BCUT2D eigenvalue weighted by Crippen LogP contribution is -2.02. The highest BCUT2D eigenvalue weighted by Gasteiger charge is 2.12. The molecule has 0 saturated heterocycles. The molecule has 6 heteroatoms. The summed E-state index contributed by atoms with van der Waals surface area (Å²) in [7, 11) is 0.320. The highest BCUT2D eigenvalue weighted by molar-refractivity contribution is 7.83. The number of hydrogen-bond donors (Lipinski definition) is 0. The van der Waals surface area contributed by atoms with Gasteiger partial charge in [-0.25, -0.2) is 9.37 Å². The van der Waals surface area contributed by atoms with Crippen molar-refractivity contribution in [3.63, 3.8) is 0 Å². The molecule has 0 amide bonds. The first-order valence-electron chi connectivity index (χ1n) is 7.17. The third-order valence-electron chi connectivity index (χ3n) is 3.60. The van der Waals surface area contributed by atoms with Crippen LogP contribution < -0.4 is 4.74 Å². The molecule has 3 rings (SSSR count). The molecule has 2 heterocycles. The quantitative estimate of drug-likeness (QED) is 0.720. The number of halogens is 1. The number of pyridine rings is 1. The summed E-state index contributed by atoms with van der Waals surface area (Å²) in [5.74, 6) is 0.737. The van der Waals surface area contributed by atoms with Gasteiger partial charge in [0, 0.05) is 28.8 Å². The van der Waals surface area contributed by atoms with Gasteiger partial charge in [0.25, 0.3) is 0 Å². The molecule has 3 aromatic rings. The number of hydrogen-bond acceptors (Lipinski definition) is 3. The number of nitrogens with zero attached hydrogens (tertiary/aromatic N) is 2. The first kappa shape index (κ1) is 15.7. The zero-order valence-electron chi connectivity index (χ0n) is 13.0. The Hall–Kier alpha value is -2.21. The van der Waals surface area contributed by atoms with Crippen LogP contribution in [0.4, 0.5) is 4.39 Å². The minimum atomic E-state index is -1.20. The summed E-state index contributed by atoms with van der Waals surface area (Å²) in [4.78, 5) is 4.52. The second-order valence-electron chi connectivity index (χ2n) is 5.34. The molecule has 0 N–H and O–H groups in total. The van der Waals surface area contributed by atoms with Crippen molar-refractivity contribution in [2.24, 2.45) is 0 Å². The predicted octanol–water partition coefficient (Wildman–Crippen LogP) is 3.24. The monoisotopic (exact) mass is 332 g/mol. The van der Waals surface area contributed by atoms with Crippen LogP contribution in [-0.2, 0) is 22.3 Å². The van der Waals surface area contributed by atoms with E-state index >= 15 is 0 Å². The number of aromatic nitrogens is 2. The predicted molar refractivity (Wildman–Crippen MR) is 88.4 cm³/mol. The number of fused-ring (bicyclic) bond motifs is 1. The van der Waals surface area contributed by atoms with Crippen LogP contribution in [0.2, 0.25) is 0 Å². The maximum absolute atomic E-state index is 13.4. The Labute approximate surface area is 136 Å². The van der Waals surface area contributed by atoms with Crippen LogP contribution in [0.3, 0.4) is 0 Å². The van der Waals surface area contributed by atoms with Crippen molar-refractivity contribution < 1.29 is 13.3 Å². The topological polar surface area (TPSA) is 43.6 Å². The molecular weight excluding hydrogens is 315 g/mol. The average Bonchev–Trinajstić information content (AvgIpc) is 2.91. The molecule has 1 aromatic carbocycles. The van der Waals surface area contributed by atoms with Crippen LogP contribution in [-0.4, -0.2) is 20.7 Å². The number of ether oxygens (including phenoxy) is 1. The summed E-state index contributed by atoms with van der Waals surface area (Å²) < 4.78 is 32.9. The Morgan fingerprint density at radius 1 is 1.30 bits per heavy atom. The van der Waals surface area contributed by atoms with Crippen molar-refractivity contribution in [2.75, 3.05) is 7.11 Å². The van der Waals surface area contributed by atoms with E-state index < -0.39 is 10.8 Å². The molecule has 1 atom stereocenters. The molecule has 0 aliphatic carbocycles. The first-order chi connectivity index (χ1) is 11.1. The normalized spacial score (nSPS) is 12.5. The molecule has 4 nitrogen and oxygen atoms in total. The van der Waals surface area contributed by atoms with Crippen LogP contribution in [0.5, 0.6) is 5.75 Å². The maximum atomic E-state index is 13.4. The van der Waals surface area contributed by atoms with Gasteiger partial charge in [0.1, 0.15) is 17.2 Å². The smallest absolute Gasteiger partial charge is 0.139 e. The van der Waals surface area contributed by atoms with E-state index in [0.717, 1.165) is 16.9 Å². The fourth-order valence-electron chi connectivity index (χ4n) is 2.52. The molecule has 0 fully saturated rings. The minimum absolute atomic E-state index is 0.230. The number of rotatable bonds is 5. The summed E-state index contributed by atoms with van der Waals surface area (Å²) in [6.45, 7) is 1.99. The van der Waals surface area contributed by atoms with Crippen molar-refractivity contribution in [1.82, 2.24) is 9.38 Å².